The van der Waals surface area contributed by atoms with Gasteiger partial charge in [0, 0.05) is 51.7 Å². The van der Waals surface area contributed by atoms with Crippen LogP contribution in [0.2, 0.25) is 20.1 Å². The number of benzene rings is 6. The quantitative estimate of drug-likeness (QED) is 0.126. The summed E-state index contributed by atoms with van der Waals surface area (Å²) in [6, 6.07) is 34.6. The van der Waals surface area contributed by atoms with Gasteiger partial charge in [-0.05, 0) is 82.9 Å². The molecule has 1 amide bonds. The summed E-state index contributed by atoms with van der Waals surface area (Å²) in [4.78, 5) is 59.6. The zero-order chi connectivity index (χ0) is 48.1. The van der Waals surface area contributed by atoms with Gasteiger partial charge in [0.15, 0.2) is 0 Å². The number of aromatic nitrogens is 2. The molecular weight excluding hydrogens is 989 g/mol. The van der Waals surface area contributed by atoms with Gasteiger partial charge in [-0.2, -0.15) is 0 Å². The molecule has 1 aliphatic rings. The number of thiazole rings is 2. The Balaban J connectivity index is 0.000000185. The number of hydrogen-bond donors (Lipinski definition) is 2. The molecule has 2 aromatic heterocycles. The average Bonchev–Trinajstić information content (AvgIpc) is 4.07. The first-order chi connectivity index (χ1) is 32.8. The topological polar surface area (TPSA) is 156 Å². The summed E-state index contributed by atoms with van der Waals surface area (Å²) in [7, 11) is 1.32. The highest BCUT2D eigenvalue weighted by molar-refractivity contribution is 7.13. The Kier molecular flexibility index (Phi) is 15.0. The van der Waals surface area contributed by atoms with Gasteiger partial charge in [0.2, 0.25) is 0 Å². The number of nitrogens with zero attached hydrogens (tertiary/aromatic N) is 3. The number of aromatic carboxylic acids is 2. The largest absolute Gasteiger partial charge is 0.478 e. The van der Waals surface area contributed by atoms with Crippen LogP contribution in [0.3, 0.4) is 0 Å². The summed E-state index contributed by atoms with van der Waals surface area (Å²) in [5, 5.41) is 26.1. The van der Waals surface area contributed by atoms with Gasteiger partial charge in [-0.3, -0.25) is 4.79 Å². The third kappa shape index (κ3) is 10.8. The van der Waals surface area contributed by atoms with Crippen molar-refractivity contribution in [2.45, 2.75) is 0 Å². The smallest absolute Gasteiger partial charge is 0.338 e. The van der Waals surface area contributed by atoms with E-state index in [0.717, 1.165) is 33.1 Å². The fraction of sp³-hybridized carbons (Fsp3) is 0.0980. The standard InChI is InChI=1S/C27H20Cl2N2O4S.C24H15Cl2NO4S/c28-22-8-6-18(14-23(22)29)24-15-36-25(30-24)19-5-7-20(21(13-19)27(33)34)16-1-3-17(4-2-16)26(32)31-9-11-35-12-10-31;1-31-24(30)18-10-16(6-8-17(18)13-2-4-14(5-3-13)23(28)29)22-27-21(12-32-22)15-7-9-19(25)20(26)11-15/h1-8,13-15H,9-12H2,(H,33,34);2-12H,1H3,(H,28,29). The number of carbonyl (C=O) groups excluding carboxylic acids is 2. The van der Waals surface area contributed by atoms with Gasteiger partial charge < -0.3 is 24.6 Å². The monoisotopic (exact) mass is 1020 g/mol. The van der Waals surface area contributed by atoms with Crippen molar-refractivity contribution in [2.75, 3.05) is 33.4 Å². The minimum atomic E-state index is -1.04. The maximum atomic E-state index is 12.7. The SMILES string of the molecule is COC(=O)c1cc(-c2nc(-c3ccc(Cl)c(Cl)c3)cs2)ccc1-c1ccc(C(=O)O)cc1.O=C(O)c1cc(-c2nc(-c3ccc(Cl)c(Cl)c3)cs2)ccc1-c1ccc(C(=O)N2CCOCC2)cc1. The van der Waals surface area contributed by atoms with Crippen LogP contribution in [0.15, 0.2) is 132 Å². The van der Waals surface area contributed by atoms with E-state index in [0.29, 0.717) is 90.3 Å². The Labute approximate surface area is 417 Å². The second-order valence-electron chi connectivity index (χ2n) is 15.0. The molecule has 8 aromatic rings. The second-order valence-corrected chi connectivity index (χ2v) is 18.4. The van der Waals surface area contributed by atoms with E-state index in [1.807, 2.05) is 35.0 Å². The molecular formula is C51H35Cl4N3O8S2. The number of hydrogen-bond acceptors (Lipinski definition) is 10. The van der Waals surface area contributed by atoms with Crippen molar-refractivity contribution in [3.05, 3.63) is 174 Å². The van der Waals surface area contributed by atoms with Crippen molar-refractivity contribution >= 4 is 92.9 Å². The van der Waals surface area contributed by atoms with E-state index in [1.165, 1.54) is 41.9 Å². The lowest BCUT2D eigenvalue weighted by molar-refractivity contribution is 0.0303. The van der Waals surface area contributed by atoms with Crippen LogP contribution in [0.25, 0.3) is 65.9 Å². The molecule has 6 aromatic carbocycles. The Morgan fingerprint density at radius 1 is 0.544 bits per heavy atom. The molecule has 0 saturated carbocycles. The van der Waals surface area contributed by atoms with Gasteiger partial charge >= 0.3 is 17.9 Å². The fourth-order valence-electron chi connectivity index (χ4n) is 7.24. The Bertz CT molecular complexity index is 3210. The van der Waals surface area contributed by atoms with Crippen LogP contribution >= 0.6 is 69.1 Å². The lowest BCUT2D eigenvalue weighted by Gasteiger charge is -2.26. The minimum Gasteiger partial charge on any atom is -0.478 e. The highest BCUT2D eigenvalue weighted by Crippen LogP contribution is 2.37. The molecule has 0 atom stereocenters. The zero-order valence-corrected chi connectivity index (χ0v) is 40.2. The van der Waals surface area contributed by atoms with Crippen molar-refractivity contribution in [2.24, 2.45) is 0 Å². The number of methoxy groups -OCH3 is 1. The number of halogens is 4. The molecule has 9 rings (SSSR count). The van der Waals surface area contributed by atoms with Crippen LogP contribution in [0.1, 0.15) is 41.4 Å². The summed E-state index contributed by atoms with van der Waals surface area (Å²) in [5.41, 5.74) is 8.48. The number of morpholine rings is 1. The number of esters is 1. The molecule has 0 spiro atoms. The van der Waals surface area contributed by atoms with Crippen LogP contribution in [0.5, 0.6) is 0 Å². The van der Waals surface area contributed by atoms with Crippen molar-refractivity contribution < 1.29 is 38.9 Å². The number of amides is 1. The number of carboxylic acid groups (broad SMARTS) is 2. The van der Waals surface area contributed by atoms with Gasteiger partial charge in [0.05, 0.1) is 68.5 Å². The third-order valence-corrected chi connectivity index (χ3v) is 14.1. The lowest BCUT2D eigenvalue weighted by Crippen LogP contribution is -2.40. The van der Waals surface area contributed by atoms with Gasteiger partial charge in [0.25, 0.3) is 5.91 Å². The highest BCUT2D eigenvalue weighted by Gasteiger charge is 2.21. The summed E-state index contributed by atoms with van der Waals surface area (Å²) in [5.74, 6) is -2.60. The van der Waals surface area contributed by atoms with Crippen LogP contribution in [0.4, 0.5) is 0 Å². The van der Waals surface area contributed by atoms with E-state index in [9.17, 15) is 24.3 Å². The van der Waals surface area contributed by atoms with E-state index in [-0.39, 0.29) is 17.0 Å². The fourth-order valence-corrected chi connectivity index (χ4v) is 9.48. The van der Waals surface area contributed by atoms with Crippen molar-refractivity contribution in [3.8, 4) is 65.9 Å². The second kappa shape index (κ2) is 21.3. The number of carbonyl (C=O) groups is 4. The zero-order valence-electron chi connectivity index (χ0n) is 35.5. The first-order valence-electron chi connectivity index (χ1n) is 20.5. The van der Waals surface area contributed by atoms with Crippen molar-refractivity contribution in [1.82, 2.24) is 14.9 Å². The Hall–Kier alpha value is -6.42. The van der Waals surface area contributed by atoms with Crippen molar-refractivity contribution in [3.63, 3.8) is 0 Å². The molecule has 2 N–H and O–H groups in total. The van der Waals surface area contributed by atoms with Gasteiger partial charge in [-0.1, -0.05) is 107 Å². The maximum absolute atomic E-state index is 12.7. The van der Waals surface area contributed by atoms with Crippen LogP contribution in [0, 0.1) is 0 Å². The molecule has 1 saturated heterocycles. The molecule has 0 unspecified atom stereocenters. The molecule has 1 aliphatic heterocycles. The molecule has 3 heterocycles. The van der Waals surface area contributed by atoms with E-state index in [4.69, 9.17) is 61.0 Å². The van der Waals surface area contributed by atoms with Crippen LogP contribution in [-0.2, 0) is 9.47 Å². The summed E-state index contributed by atoms with van der Waals surface area (Å²) in [6.07, 6.45) is 0. The molecule has 11 nitrogen and oxygen atoms in total. The molecule has 0 radical (unpaired) electrons. The molecule has 1 fully saturated rings. The summed E-state index contributed by atoms with van der Waals surface area (Å²) >= 11 is 27.1. The third-order valence-electron chi connectivity index (χ3n) is 10.8. The minimum absolute atomic E-state index is 0.0554. The number of carboxylic acids is 2. The average molecular weight is 1020 g/mol. The predicted molar refractivity (Wildman–Crippen MR) is 269 cm³/mol. The summed E-state index contributed by atoms with van der Waals surface area (Å²) in [6.45, 7) is 2.20. The van der Waals surface area contributed by atoms with Gasteiger partial charge in [-0.15, -0.1) is 22.7 Å². The molecule has 342 valence electrons. The predicted octanol–water partition coefficient (Wildman–Crippen LogP) is 13.6. The molecule has 17 heteroatoms. The highest BCUT2D eigenvalue weighted by atomic mass is 35.5. The molecule has 0 bridgehead atoms. The first-order valence-corrected chi connectivity index (χ1v) is 23.8. The molecule has 68 heavy (non-hydrogen) atoms. The Morgan fingerprint density at radius 3 is 1.44 bits per heavy atom. The van der Waals surface area contributed by atoms with E-state index in [2.05, 4.69) is 9.97 Å². The van der Waals surface area contributed by atoms with Gasteiger partial charge in [0.1, 0.15) is 10.0 Å². The van der Waals surface area contributed by atoms with E-state index in [1.54, 1.807) is 89.8 Å². The van der Waals surface area contributed by atoms with E-state index >= 15 is 0 Å². The number of rotatable bonds is 10. The maximum Gasteiger partial charge on any atom is 0.338 e. The lowest BCUT2D eigenvalue weighted by atomic mass is 9.96. The number of ether oxygens (including phenoxy) is 2. The first kappa shape index (κ1) is 48.1. The summed E-state index contributed by atoms with van der Waals surface area (Å²) < 4.78 is 10.3. The van der Waals surface area contributed by atoms with Crippen LogP contribution in [-0.4, -0.2) is 82.3 Å². The normalized spacial score (nSPS) is 12.2. The van der Waals surface area contributed by atoms with E-state index < -0.39 is 17.9 Å². The van der Waals surface area contributed by atoms with Crippen molar-refractivity contribution in [1.29, 1.82) is 0 Å². The molecule has 0 aliphatic carbocycles. The van der Waals surface area contributed by atoms with Crippen LogP contribution < -0.4 is 0 Å². The Morgan fingerprint density at radius 2 is 0.985 bits per heavy atom. The van der Waals surface area contributed by atoms with Gasteiger partial charge in [-0.25, -0.2) is 24.4 Å².